The zero-order valence-corrected chi connectivity index (χ0v) is 11.6. The molecule has 1 heterocycles. The SMILES string of the molecule is N#Cc1ccc(NC(=O)c2cccnc2OCC(F)(F)F)cc1. The number of carbonyl (C=O) groups excluding carboxylic acids is 1. The Balaban J connectivity index is 2.14. The standard InChI is InChI=1S/C15H10F3N3O2/c16-15(17,18)9-23-14-12(2-1-7-20-14)13(22)21-11-5-3-10(8-19)4-6-11/h1-7H,9H2,(H,21,22). The molecule has 0 atom stereocenters. The van der Waals surface area contributed by atoms with Crippen molar-refractivity contribution in [3.8, 4) is 11.9 Å². The fourth-order valence-electron chi connectivity index (χ4n) is 1.66. The Morgan fingerprint density at radius 1 is 1.26 bits per heavy atom. The number of aromatic nitrogens is 1. The molecule has 2 aromatic rings. The molecule has 0 saturated heterocycles. The Kier molecular flexibility index (Phi) is 4.81. The maximum Gasteiger partial charge on any atom is 0.422 e. The Morgan fingerprint density at radius 3 is 2.57 bits per heavy atom. The van der Waals surface area contributed by atoms with E-state index in [2.05, 4.69) is 15.0 Å². The molecule has 0 aliphatic rings. The molecule has 0 bridgehead atoms. The molecular weight excluding hydrogens is 311 g/mol. The first-order valence-electron chi connectivity index (χ1n) is 6.35. The second kappa shape index (κ2) is 6.79. The highest BCUT2D eigenvalue weighted by molar-refractivity contribution is 6.05. The van der Waals surface area contributed by atoms with Crippen LogP contribution in [0, 0.1) is 11.3 Å². The molecule has 5 nitrogen and oxygen atoms in total. The molecule has 0 radical (unpaired) electrons. The molecule has 1 amide bonds. The van der Waals surface area contributed by atoms with Crippen LogP contribution in [0.4, 0.5) is 18.9 Å². The third-order valence-corrected chi connectivity index (χ3v) is 2.66. The Labute approximate surface area is 129 Å². The monoisotopic (exact) mass is 321 g/mol. The van der Waals surface area contributed by atoms with Crippen molar-refractivity contribution >= 4 is 11.6 Å². The molecule has 1 aromatic carbocycles. The summed E-state index contributed by atoms with van der Waals surface area (Å²) in [5, 5.41) is 11.2. The van der Waals surface area contributed by atoms with Gasteiger partial charge >= 0.3 is 6.18 Å². The van der Waals surface area contributed by atoms with Gasteiger partial charge in [0.2, 0.25) is 5.88 Å². The van der Waals surface area contributed by atoms with Crippen LogP contribution in [0.5, 0.6) is 5.88 Å². The van der Waals surface area contributed by atoms with Crippen molar-refractivity contribution < 1.29 is 22.7 Å². The van der Waals surface area contributed by atoms with E-state index in [1.807, 2.05) is 6.07 Å². The Hall–Kier alpha value is -3.08. The summed E-state index contributed by atoms with van der Waals surface area (Å²) in [6.45, 7) is -1.54. The number of rotatable bonds is 4. The van der Waals surface area contributed by atoms with E-state index in [-0.39, 0.29) is 5.56 Å². The summed E-state index contributed by atoms with van der Waals surface area (Å²) >= 11 is 0. The molecule has 2 rings (SSSR count). The minimum atomic E-state index is -4.53. The van der Waals surface area contributed by atoms with Gasteiger partial charge in [-0.3, -0.25) is 4.79 Å². The van der Waals surface area contributed by atoms with Crippen LogP contribution in [-0.2, 0) is 0 Å². The van der Waals surface area contributed by atoms with Crippen LogP contribution >= 0.6 is 0 Å². The summed E-state index contributed by atoms with van der Waals surface area (Å²) in [4.78, 5) is 15.8. The van der Waals surface area contributed by atoms with Crippen molar-refractivity contribution in [2.75, 3.05) is 11.9 Å². The summed E-state index contributed by atoms with van der Waals surface area (Å²) in [7, 11) is 0. The lowest BCUT2D eigenvalue weighted by Crippen LogP contribution is -2.21. The number of nitrogens with zero attached hydrogens (tertiary/aromatic N) is 2. The third-order valence-electron chi connectivity index (χ3n) is 2.66. The van der Waals surface area contributed by atoms with Gasteiger partial charge in [-0.2, -0.15) is 18.4 Å². The first-order chi connectivity index (χ1) is 10.9. The van der Waals surface area contributed by atoms with E-state index in [1.54, 1.807) is 0 Å². The number of anilines is 1. The smallest absolute Gasteiger partial charge is 0.422 e. The minimum Gasteiger partial charge on any atom is -0.467 e. The summed E-state index contributed by atoms with van der Waals surface area (Å²) in [5.74, 6) is -1.07. The quantitative estimate of drug-likeness (QED) is 0.938. The number of alkyl halides is 3. The molecular formula is C15H10F3N3O2. The van der Waals surface area contributed by atoms with Gasteiger partial charge in [-0.1, -0.05) is 0 Å². The molecule has 1 N–H and O–H groups in total. The van der Waals surface area contributed by atoms with E-state index < -0.39 is 24.6 Å². The summed E-state index contributed by atoms with van der Waals surface area (Å²) in [5.41, 5.74) is 0.680. The lowest BCUT2D eigenvalue weighted by atomic mass is 10.2. The van der Waals surface area contributed by atoms with Crippen molar-refractivity contribution in [2.24, 2.45) is 0 Å². The van der Waals surface area contributed by atoms with Gasteiger partial charge in [0.25, 0.3) is 5.91 Å². The molecule has 0 unspecified atom stereocenters. The molecule has 0 aliphatic heterocycles. The Morgan fingerprint density at radius 2 is 1.96 bits per heavy atom. The first-order valence-corrected chi connectivity index (χ1v) is 6.35. The second-order valence-corrected chi connectivity index (χ2v) is 4.40. The van der Waals surface area contributed by atoms with Crippen LogP contribution in [0.1, 0.15) is 15.9 Å². The van der Waals surface area contributed by atoms with Gasteiger partial charge in [0, 0.05) is 11.9 Å². The number of amides is 1. The lowest BCUT2D eigenvalue weighted by Gasteiger charge is -2.12. The average Bonchev–Trinajstić information content (AvgIpc) is 2.53. The van der Waals surface area contributed by atoms with Gasteiger partial charge in [-0.15, -0.1) is 0 Å². The van der Waals surface area contributed by atoms with Crippen LogP contribution in [0.3, 0.4) is 0 Å². The summed E-state index contributed by atoms with van der Waals surface area (Å²) in [6, 6.07) is 10.6. The molecule has 0 fully saturated rings. The van der Waals surface area contributed by atoms with E-state index in [0.717, 1.165) is 0 Å². The maximum atomic E-state index is 12.2. The van der Waals surface area contributed by atoms with Crippen molar-refractivity contribution in [3.63, 3.8) is 0 Å². The summed E-state index contributed by atoms with van der Waals surface area (Å²) < 4.78 is 41.2. The van der Waals surface area contributed by atoms with Crippen molar-refractivity contribution in [3.05, 3.63) is 53.7 Å². The van der Waals surface area contributed by atoms with Crippen LogP contribution < -0.4 is 10.1 Å². The van der Waals surface area contributed by atoms with E-state index >= 15 is 0 Å². The molecule has 0 saturated carbocycles. The molecule has 0 spiro atoms. The van der Waals surface area contributed by atoms with E-state index in [9.17, 15) is 18.0 Å². The zero-order chi connectivity index (χ0) is 16.9. The molecule has 118 valence electrons. The predicted molar refractivity (Wildman–Crippen MR) is 74.9 cm³/mol. The molecule has 0 aliphatic carbocycles. The van der Waals surface area contributed by atoms with Gasteiger partial charge in [0.15, 0.2) is 6.61 Å². The van der Waals surface area contributed by atoms with Crippen LogP contribution in [0.25, 0.3) is 0 Å². The zero-order valence-electron chi connectivity index (χ0n) is 11.6. The van der Waals surface area contributed by atoms with E-state index in [4.69, 9.17) is 5.26 Å². The van der Waals surface area contributed by atoms with Crippen LogP contribution in [0.2, 0.25) is 0 Å². The highest BCUT2D eigenvalue weighted by atomic mass is 19.4. The fraction of sp³-hybridized carbons (Fsp3) is 0.133. The first kappa shape index (κ1) is 16.3. The maximum absolute atomic E-state index is 12.2. The van der Waals surface area contributed by atoms with E-state index in [0.29, 0.717) is 11.3 Å². The van der Waals surface area contributed by atoms with Crippen LogP contribution in [0.15, 0.2) is 42.6 Å². The number of nitriles is 1. The molecule has 23 heavy (non-hydrogen) atoms. The number of hydrogen-bond donors (Lipinski definition) is 1. The molecule has 1 aromatic heterocycles. The molecule has 8 heteroatoms. The summed E-state index contributed by atoms with van der Waals surface area (Å²) in [6.07, 6.45) is -3.30. The highest BCUT2D eigenvalue weighted by Gasteiger charge is 2.29. The van der Waals surface area contributed by atoms with Crippen LogP contribution in [-0.4, -0.2) is 23.7 Å². The average molecular weight is 321 g/mol. The number of pyridine rings is 1. The van der Waals surface area contributed by atoms with E-state index in [1.165, 1.54) is 42.6 Å². The normalized spacial score (nSPS) is 10.7. The number of halogens is 3. The van der Waals surface area contributed by atoms with Gasteiger partial charge < -0.3 is 10.1 Å². The Bertz CT molecular complexity index is 737. The number of hydrogen-bond acceptors (Lipinski definition) is 4. The number of ether oxygens (including phenoxy) is 1. The predicted octanol–water partition coefficient (Wildman–Crippen LogP) is 3.15. The third kappa shape index (κ3) is 4.71. The number of benzene rings is 1. The number of nitrogens with one attached hydrogen (secondary N) is 1. The second-order valence-electron chi connectivity index (χ2n) is 4.40. The van der Waals surface area contributed by atoms with Gasteiger partial charge in [0.05, 0.1) is 11.6 Å². The van der Waals surface area contributed by atoms with Crippen molar-refractivity contribution in [1.82, 2.24) is 4.98 Å². The lowest BCUT2D eigenvalue weighted by molar-refractivity contribution is -0.154. The highest BCUT2D eigenvalue weighted by Crippen LogP contribution is 2.21. The minimum absolute atomic E-state index is 0.124. The van der Waals surface area contributed by atoms with Gasteiger partial charge in [-0.25, -0.2) is 4.98 Å². The fourth-order valence-corrected chi connectivity index (χ4v) is 1.66. The van der Waals surface area contributed by atoms with Gasteiger partial charge in [0.1, 0.15) is 5.56 Å². The largest absolute Gasteiger partial charge is 0.467 e. The number of carbonyl (C=O) groups is 1. The topological polar surface area (TPSA) is 75.0 Å². The van der Waals surface area contributed by atoms with Crippen molar-refractivity contribution in [2.45, 2.75) is 6.18 Å². The van der Waals surface area contributed by atoms with Crippen molar-refractivity contribution in [1.29, 1.82) is 5.26 Å². The van der Waals surface area contributed by atoms with Gasteiger partial charge in [-0.05, 0) is 36.4 Å².